The lowest BCUT2D eigenvalue weighted by atomic mass is 10.2. The summed E-state index contributed by atoms with van der Waals surface area (Å²) in [5.74, 6) is 0.0445. The lowest BCUT2D eigenvalue weighted by Gasteiger charge is -2.35. The van der Waals surface area contributed by atoms with Gasteiger partial charge in [-0.15, -0.1) is 11.3 Å². The third-order valence-corrected chi connectivity index (χ3v) is 4.34. The van der Waals surface area contributed by atoms with Crippen LogP contribution in [0.4, 0.5) is 5.13 Å². The van der Waals surface area contributed by atoms with E-state index in [4.69, 9.17) is 5.73 Å². The molecule has 1 saturated heterocycles. The zero-order valence-corrected chi connectivity index (χ0v) is 11.7. The molecule has 1 atom stereocenters. The molecule has 1 aromatic heterocycles. The summed E-state index contributed by atoms with van der Waals surface area (Å²) >= 11 is 1.74. The second kappa shape index (κ2) is 5.67. The zero-order valence-electron chi connectivity index (χ0n) is 10.9. The molecule has 1 aliphatic heterocycles. The van der Waals surface area contributed by atoms with E-state index in [1.54, 1.807) is 18.3 Å². The number of carbonyl (C=O) groups is 1. The van der Waals surface area contributed by atoms with Crippen LogP contribution in [0.1, 0.15) is 18.7 Å². The molecule has 1 amide bonds. The first-order valence-corrected chi connectivity index (χ1v) is 7.17. The number of hydrogen-bond donors (Lipinski definition) is 1. The average Bonchev–Trinajstić information content (AvgIpc) is 2.86. The molecule has 0 aliphatic carbocycles. The molecule has 2 N–H and O–H groups in total. The van der Waals surface area contributed by atoms with Gasteiger partial charge in [0.1, 0.15) is 0 Å². The van der Waals surface area contributed by atoms with Crippen LogP contribution in [0.25, 0.3) is 0 Å². The minimum atomic E-state index is -0.400. The summed E-state index contributed by atoms with van der Waals surface area (Å²) in [5, 5.41) is 1.07. The van der Waals surface area contributed by atoms with Crippen LogP contribution < -0.4 is 10.6 Å². The maximum Gasteiger partial charge on any atom is 0.239 e. The minimum Gasteiger partial charge on any atom is -0.345 e. The molecule has 2 rings (SSSR count). The van der Waals surface area contributed by atoms with Gasteiger partial charge in [-0.05, 0) is 13.3 Å². The van der Waals surface area contributed by atoms with Crippen molar-refractivity contribution in [2.45, 2.75) is 26.3 Å². The van der Waals surface area contributed by atoms with Crippen LogP contribution in [0, 0.1) is 0 Å². The molecule has 1 fully saturated rings. The highest BCUT2D eigenvalue weighted by Gasteiger charge is 2.24. The van der Waals surface area contributed by atoms with Gasteiger partial charge in [0.2, 0.25) is 5.91 Å². The molecule has 0 radical (unpaired) electrons. The van der Waals surface area contributed by atoms with Crippen LogP contribution in [-0.4, -0.2) is 48.0 Å². The van der Waals surface area contributed by atoms with Crippen LogP contribution in [0.3, 0.4) is 0 Å². The van der Waals surface area contributed by atoms with Crippen molar-refractivity contribution in [1.82, 2.24) is 9.88 Å². The van der Waals surface area contributed by atoms with E-state index in [1.165, 1.54) is 4.88 Å². The number of aryl methyl sites for hydroxylation is 1. The Morgan fingerprint density at radius 1 is 1.50 bits per heavy atom. The maximum absolute atomic E-state index is 11.8. The van der Waals surface area contributed by atoms with E-state index in [0.717, 1.165) is 37.7 Å². The van der Waals surface area contributed by atoms with Crippen molar-refractivity contribution in [3.8, 4) is 0 Å². The number of thiazole rings is 1. The smallest absolute Gasteiger partial charge is 0.239 e. The molecular weight excluding hydrogens is 248 g/mol. The van der Waals surface area contributed by atoms with Crippen LogP contribution in [-0.2, 0) is 11.2 Å². The summed E-state index contributed by atoms with van der Waals surface area (Å²) < 4.78 is 0. The molecule has 2 heterocycles. The average molecular weight is 268 g/mol. The van der Waals surface area contributed by atoms with Crippen LogP contribution in [0.2, 0.25) is 0 Å². The van der Waals surface area contributed by atoms with Gasteiger partial charge in [-0.3, -0.25) is 4.79 Å². The zero-order chi connectivity index (χ0) is 13.1. The molecule has 6 heteroatoms. The van der Waals surface area contributed by atoms with Gasteiger partial charge >= 0.3 is 0 Å². The van der Waals surface area contributed by atoms with E-state index in [-0.39, 0.29) is 5.91 Å². The standard InChI is InChI=1S/C12H20N4OS/c1-3-10-8-14-12(18-10)16-6-4-15(5-7-16)11(17)9(2)13/h8-9H,3-7,13H2,1-2H3. The molecular formula is C12H20N4OS. The quantitative estimate of drug-likeness (QED) is 0.876. The normalized spacial score (nSPS) is 17.9. The summed E-state index contributed by atoms with van der Waals surface area (Å²) in [6.07, 6.45) is 2.97. The highest BCUT2D eigenvalue weighted by molar-refractivity contribution is 7.15. The van der Waals surface area contributed by atoms with Gasteiger partial charge in [0, 0.05) is 37.3 Å². The Kier molecular flexibility index (Phi) is 4.19. The van der Waals surface area contributed by atoms with E-state index in [2.05, 4.69) is 16.8 Å². The molecule has 0 spiro atoms. The van der Waals surface area contributed by atoms with Crippen molar-refractivity contribution in [3.63, 3.8) is 0 Å². The summed E-state index contributed by atoms with van der Waals surface area (Å²) in [4.78, 5) is 21.6. The fourth-order valence-corrected chi connectivity index (χ4v) is 2.91. The van der Waals surface area contributed by atoms with Crippen LogP contribution in [0.15, 0.2) is 6.20 Å². The molecule has 0 bridgehead atoms. The topological polar surface area (TPSA) is 62.5 Å². The van der Waals surface area contributed by atoms with Crippen molar-refractivity contribution in [3.05, 3.63) is 11.1 Å². The summed E-state index contributed by atoms with van der Waals surface area (Å²) in [5.41, 5.74) is 5.62. The van der Waals surface area contributed by atoms with Crippen LogP contribution in [0.5, 0.6) is 0 Å². The van der Waals surface area contributed by atoms with E-state index in [1.807, 2.05) is 11.1 Å². The summed E-state index contributed by atoms with van der Waals surface area (Å²) in [6.45, 7) is 7.03. The van der Waals surface area contributed by atoms with Gasteiger partial charge in [-0.25, -0.2) is 4.98 Å². The Morgan fingerprint density at radius 2 is 2.17 bits per heavy atom. The monoisotopic (exact) mass is 268 g/mol. The number of nitrogens with zero attached hydrogens (tertiary/aromatic N) is 3. The van der Waals surface area contributed by atoms with E-state index < -0.39 is 6.04 Å². The van der Waals surface area contributed by atoms with Gasteiger partial charge in [0.25, 0.3) is 0 Å². The first-order valence-electron chi connectivity index (χ1n) is 6.35. The Hall–Kier alpha value is -1.14. The molecule has 0 saturated carbocycles. The lowest BCUT2D eigenvalue weighted by molar-refractivity contribution is -0.132. The SMILES string of the molecule is CCc1cnc(N2CCN(C(=O)C(C)N)CC2)s1. The summed E-state index contributed by atoms with van der Waals surface area (Å²) in [6, 6.07) is -0.400. The second-order valence-corrected chi connectivity index (χ2v) is 5.66. The Labute approximate surface area is 112 Å². The van der Waals surface area contributed by atoms with Gasteiger partial charge in [-0.2, -0.15) is 0 Å². The van der Waals surface area contributed by atoms with Gasteiger partial charge in [0.05, 0.1) is 6.04 Å². The number of piperazine rings is 1. The predicted octanol–water partition coefficient (Wildman–Crippen LogP) is 0.701. The highest BCUT2D eigenvalue weighted by atomic mass is 32.1. The fourth-order valence-electron chi connectivity index (χ4n) is 2.01. The van der Waals surface area contributed by atoms with E-state index in [9.17, 15) is 4.79 Å². The van der Waals surface area contributed by atoms with Crippen molar-refractivity contribution in [1.29, 1.82) is 0 Å². The number of hydrogen-bond acceptors (Lipinski definition) is 5. The van der Waals surface area contributed by atoms with Crippen LogP contribution >= 0.6 is 11.3 Å². The molecule has 0 aromatic carbocycles. The molecule has 1 aromatic rings. The van der Waals surface area contributed by atoms with Gasteiger partial charge in [-0.1, -0.05) is 6.92 Å². The third-order valence-electron chi connectivity index (χ3n) is 3.14. The van der Waals surface area contributed by atoms with Crippen molar-refractivity contribution >= 4 is 22.4 Å². The Bertz CT molecular complexity index is 410. The largest absolute Gasteiger partial charge is 0.345 e. The van der Waals surface area contributed by atoms with Gasteiger partial charge in [0.15, 0.2) is 5.13 Å². The number of carbonyl (C=O) groups excluding carboxylic acids is 1. The highest BCUT2D eigenvalue weighted by Crippen LogP contribution is 2.23. The molecule has 100 valence electrons. The third kappa shape index (κ3) is 2.81. The second-order valence-electron chi connectivity index (χ2n) is 4.56. The van der Waals surface area contributed by atoms with Crippen molar-refractivity contribution < 1.29 is 4.79 Å². The van der Waals surface area contributed by atoms with E-state index >= 15 is 0 Å². The number of amides is 1. The minimum absolute atomic E-state index is 0.0445. The van der Waals surface area contributed by atoms with Gasteiger partial charge < -0.3 is 15.5 Å². The number of nitrogens with two attached hydrogens (primary N) is 1. The molecule has 18 heavy (non-hydrogen) atoms. The fraction of sp³-hybridized carbons (Fsp3) is 0.667. The van der Waals surface area contributed by atoms with E-state index in [0.29, 0.717) is 0 Å². The van der Waals surface area contributed by atoms with Crippen molar-refractivity contribution in [2.24, 2.45) is 5.73 Å². The number of rotatable bonds is 3. The Balaban J connectivity index is 1.92. The van der Waals surface area contributed by atoms with Crippen molar-refractivity contribution in [2.75, 3.05) is 31.1 Å². The molecule has 5 nitrogen and oxygen atoms in total. The predicted molar refractivity (Wildman–Crippen MR) is 73.9 cm³/mol. The summed E-state index contributed by atoms with van der Waals surface area (Å²) in [7, 11) is 0. The lowest BCUT2D eigenvalue weighted by Crippen LogP contribution is -2.52. The number of aromatic nitrogens is 1. The first kappa shape index (κ1) is 13.3. The molecule has 1 aliphatic rings. The molecule has 1 unspecified atom stereocenters. The Morgan fingerprint density at radius 3 is 2.67 bits per heavy atom. The maximum atomic E-state index is 11.8. The number of anilines is 1. The first-order chi connectivity index (χ1) is 8.61.